The molecule has 0 saturated carbocycles. The molecule has 1 aromatic heterocycles. The molecule has 0 saturated heterocycles. The van der Waals surface area contributed by atoms with Gasteiger partial charge < -0.3 is 9.72 Å². The van der Waals surface area contributed by atoms with Gasteiger partial charge in [-0.25, -0.2) is 0 Å². The molecule has 0 aliphatic carbocycles. The molecule has 0 radical (unpaired) electrons. The number of methoxy groups -OCH3 is 1. The highest BCUT2D eigenvalue weighted by molar-refractivity contribution is 5.29. The Morgan fingerprint density at radius 3 is 2.43 bits per heavy atom. The number of H-pyrrole nitrogens is 1. The van der Waals surface area contributed by atoms with E-state index in [9.17, 15) is 4.79 Å². The summed E-state index contributed by atoms with van der Waals surface area (Å²) >= 11 is 0. The van der Waals surface area contributed by atoms with Crippen molar-refractivity contribution >= 4 is 0 Å². The van der Waals surface area contributed by atoms with Crippen molar-refractivity contribution < 1.29 is 4.74 Å². The summed E-state index contributed by atoms with van der Waals surface area (Å²) in [6.07, 6.45) is 2.80. The number of hydrogen-bond donors (Lipinski definition) is 1. The second-order valence-corrected chi connectivity index (χ2v) is 6.02. The van der Waals surface area contributed by atoms with Crippen LogP contribution in [0.1, 0.15) is 41.8 Å². The fourth-order valence-electron chi connectivity index (χ4n) is 2.95. The SMILES string of the molecule is CC[C@@H](c1ccc(OC)cc1)N(C)Cc1[nH]cc(C)c(=O)c1C. The lowest BCUT2D eigenvalue weighted by Gasteiger charge is -2.28. The monoisotopic (exact) mass is 314 g/mol. The van der Waals surface area contributed by atoms with Gasteiger partial charge in [0.05, 0.1) is 7.11 Å². The quantitative estimate of drug-likeness (QED) is 0.886. The van der Waals surface area contributed by atoms with Gasteiger partial charge in [0.25, 0.3) is 0 Å². The van der Waals surface area contributed by atoms with E-state index in [1.807, 2.05) is 26.0 Å². The van der Waals surface area contributed by atoms with E-state index in [-0.39, 0.29) is 5.43 Å². The van der Waals surface area contributed by atoms with Crippen LogP contribution in [0.3, 0.4) is 0 Å². The van der Waals surface area contributed by atoms with Crippen LogP contribution >= 0.6 is 0 Å². The maximum atomic E-state index is 12.1. The van der Waals surface area contributed by atoms with Crippen LogP contribution in [-0.2, 0) is 6.54 Å². The molecule has 0 unspecified atom stereocenters. The lowest BCUT2D eigenvalue weighted by Crippen LogP contribution is -2.26. The van der Waals surface area contributed by atoms with E-state index >= 15 is 0 Å². The van der Waals surface area contributed by atoms with Crippen molar-refractivity contribution in [3.05, 3.63) is 63.1 Å². The number of aromatic amines is 1. The van der Waals surface area contributed by atoms with Gasteiger partial charge in [0.2, 0.25) is 0 Å². The van der Waals surface area contributed by atoms with Gasteiger partial charge in [-0.05, 0) is 45.0 Å². The number of nitrogens with zero attached hydrogens (tertiary/aromatic N) is 1. The predicted octanol–water partition coefficient (Wildman–Crippen LogP) is 3.58. The van der Waals surface area contributed by atoms with Crippen LogP contribution in [0, 0.1) is 13.8 Å². The Bertz CT molecular complexity index is 704. The molecule has 124 valence electrons. The van der Waals surface area contributed by atoms with Crippen molar-refractivity contribution in [2.24, 2.45) is 0 Å². The first-order valence-electron chi connectivity index (χ1n) is 7.99. The summed E-state index contributed by atoms with van der Waals surface area (Å²) in [5.41, 5.74) is 3.93. The third-order valence-corrected chi connectivity index (χ3v) is 4.44. The minimum Gasteiger partial charge on any atom is -0.497 e. The van der Waals surface area contributed by atoms with Gasteiger partial charge in [-0.2, -0.15) is 0 Å². The molecule has 0 aliphatic heterocycles. The summed E-state index contributed by atoms with van der Waals surface area (Å²) in [4.78, 5) is 17.6. The topological polar surface area (TPSA) is 45.3 Å². The molecule has 4 heteroatoms. The third kappa shape index (κ3) is 3.82. The summed E-state index contributed by atoms with van der Waals surface area (Å²) in [6.45, 7) is 6.62. The van der Waals surface area contributed by atoms with Crippen LogP contribution in [-0.4, -0.2) is 24.0 Å². The molecule has 0 fully saturated rings. The lowest BCUT2D eigenvalue weighted by molar-refractivity contribution is 0.227. The highest BCUT2D eigenvalue weighted by Crippen LogP contribution is 2.26. The molecule has 0 aliphatic rings. The standard InChI is InChI=1S/C19H26N2O2/c1-6-18(15-7-9-16(23-5)10-8-15)21(4)12-17-14(3)19(22)13(2)11-20-17/h7-11,18H,6,12H2,1-5H3,(H,20,22)/t18-/m0/s1. The first-order chi connectivity index (χ1) is 11.0. The van der Waals surface area contributed by atoms with Crippen LogP contribution in [0.15, 0.2) is 35.3 Å². The number of ether oxygens (including phenoxy) is 1. The zero-order chi connectivity index (χ0) is 17.0. The molecule has 2 aromatic rings. The number of aryl methyl sites for hydroxylation is 1. The average molecular weight is 314 g/mol. The van der Waals surface area contributed by atoms with Crippen LogP contribution in [0.5, 0.6) is 5.75 Å². The number of benzene rings is 1. The van der Waals surface area contributed by atoms with E-state index in [0.717, 1.165) is 29.0 Å². The van der Waals surface area contributed by atoms with Gasteiger partial charge in [-0.3, -0.25) is 9.69 Å². The molecule has 2 rings (SSSR count). The predicted molar refractivity (Wildman–Crippen MR) is 94.0 cm³/mol. The Morgan fingerprint density at radius 2 is 1.87 bits per heavy atom. The molecular formula is C19H26N2O2. The summed E-state index contributed by atoms with van der Waals surface area (Å²) in [6, 6.07) is 8.49. The van der Waals surface area contributed by atoms with Crippen molar-refractivity contribution in [2.45, 2.75) is 39.8 Å². The molecule has 0 bridgehead atoms. The van der Waals surface area contributed by atoms with E-state index in [0.29, 0.717) is 12.6 Å². The molecule has 1 heterocycles. The Balaban J connectivity index is 2.21. The van der Waals surface area contributed by atoms with Crippen LogP contribution in [0.4, 0.5) is 0 Å². The molecule has 0 amide bonds. The average Bonchev–Trinajstić information content (AvgIpc) is 2.57. The van der Waals surface area contributed by atoms with Gasteiger partial charge in [0.15, 0.2) is 5.43 Å². The summed E-state index contributed by atoms with van der Waals surface area (Å²) < 4.78 is 5.23. The maximum Gasteiger partial charge on any atom is 0.187 e. The van der Waals surface area contributed by atoms with Gasteiger partial charge in [0.1, 0.15) is 5.75 Å². The van der Waals surface area contributed by atoms with Crippen LogP contribution in [0.25, 0.3) is 0 Å². The Kier molecular flexibility index (Phi) is 5.61. The first kappa shape index (κ1) is 17.3. The largest absolute Gasteiger partial charge is 0.497 e. The summed E-state index contributed by atoms with van der Waals surface area (Å²) in [5.74, 6) is 0.866. The van der Waals surface area contributed by atoms with Crippen molar-refractivity contribution in [3.8, 4) is 5.75 Å². The highest BCUT2D eigenvalue weighted by atomic mass is 16.5. The molecule has 1 N–H and O–H groups in total. The van der Waals surface area contributed by atoms with Crippen molar-refractivity contribution in [3.63, 3.8) is 0 Å². The van der Waals surface area contributed by atoms with Crippen molar-refractivity contribution in [2.75, 3.05) is 14.2 Å². The van der Waals surface area contributed by atoms with Gasteiger partial charge in [-0.1, -0.05) is 19.1 Å². The number of aromatic nitrogens is 1. The molecule has 23 heavy (non-hydrogen) atoms. The van der Waals surface area contributed by atoms with E-state index in [2.05, 4.69) is 36.0 Å². The molecule has 0 spiro atoms. The van der Waals surface area contributed by atoms with E-state index in [1.165, 1.54) is 5.56 Å². The number of nitrogens with one attached hydrogen (secondary N) is 1. The summed E-state index contributed by atoms with van der Waals surface area (Å²) in [7, 11) is 3.77. The van der Waals surface area contributed by atoms with Crippen LogP contribution in [0.2, 0.25) is 0 Å². The fraction of sp³-hybridized carbons (Fsp3) is 0.421. The second kappa shape index (κ2) is 7.47. The normalized spacial score (nSPS) is 12.4. The van der Waals surface area contributed by atoms with Gasteiger partial charge in [-0.15, -0.1) is 0 Å². The molecule has 1 aromatic carbocycles. The maximum absolute atomic E-state index is 12.1. The van der Waals surface area contributed by atoms with Crippen molar-refractivity contribution in [1.29, 1.82) is 0 Å². The number of hydrogen-bond acceptors (Lipinski definition) is 3. The molecular weight excluding hydrogens is 288 g/mol. The highest BCUT2D eigenvalue weighted by Gasteiger charge is 2.17. The Labute approximate surface area is 138 Å². The smallest absolute Gasteiger partial charge is 0.187 e. The zero-order valence-electron chi connectivity index (χ0n) is 14.6. The minimum atomic E-state index is 0.129. The lowest BCUT2D eigenvalue weighted by atomic mass is 10.0. The molecule has 4 nitrogen and oxygen atoms in total. The first-order valence-corrected chi connectivity index (χ1v) is 7.99. The number of pyridine rings is 1. The summed E-state index contributed by atoms with van der Waals surface area (Å²) in [5, 5.41) is 0. The van der Waals surface area contributed by atoms with E-state index in [4.69, 9.17) is 4.74 Å². The van der Waals surface area contributed by atoms with E-state index in [1.54, 1.807) is 13.3 Å². The third-order valence-electron chi connectivity index (χ3n) is 4.44. The minimum absolute atomic E-state index is 0.129. The van der Waals surface area contributed by atoms with E-state index < -0.39 is 0 Å². The number of rotatable bonds is 6. The molecule has 1 atom stereocenters. The van der Waals surface area contributed by atoms with Crippen molar-refractivity contribution in [1.82, 2.24) is 9.88 Å². The second-order valence-electron chi connectivity index (χ2n) is 6.02. The van der Waals surface area contributed by atoms with Gasteiger partial charge >= 0.3 is 0 Å². The fourth-order valence-corrected chi connectivity index (χ4v) is 2.95. The van der Waals surface area contributed by atoms with Crippen LogP contribution < -0.4 is 10.2 Å². The Hall–Kier alpha value is -2.07. The van der Waals surface area contributed by atoms with Gasteiger partial charge in [0, 0.05) is 35.6 Å². The Morgan fingerprint density at radius 1 is 1.22 bits per heavy atom. The zero-order valence-corrected chi connectivity index (χ0v) is 14.6.